The first-order valence-electron chi connectivity index (χ1n) is 8.34. The Morgan fingerprint density at radius 3 is 2.00 bits per heavy atom. The highest BCUT2D eigenvalue weighted by atomic mass is 31.2. The zero-order chi connectivity index (χ0) is 18.7. The molecule has 144 valence electrons. The molecule has 8 heteroatoms. The lowest BCUT2D eigenvalue weighted by atomic mass is 10.1. The van der Waals surface area contributed by atoms with Gasteiger partial charge >= 0.3 is 8.60 Å². The summed E-state index contributed by atoms with van der Waals surface area (Å²) in [5.74, 6) is 0. The molecule has 0 aromatic carbocycles. The molecule has 7 nitrogen and oxygen atoms in total. The highest BCUT2D eigenvalue weighted by Gasteiger charge is 2.44. The van der Waals surface area contributed by atoms with Gasteiger partial charge in [0.15, 0.2) is 0 Å². The molecule has 1 aliphatic heterocycles. The zero-order valence-corrected chi connectivity index (χ0v) is 17.0. The summed E-state index contributed by atoms with van der Waals surface area (Å²) in [6.45, 7) is 15.6. The Balaban J connectivity index is 2.69. The molecule has 24 heavy (non-hydrogen) atoms. The van der Waals surface area contributed by atoms with Gasteiger partial charge in [0, 0.05) is 0 Å². The van der Waals surface area contributed by atoms with Gasteiger partial charge in [-0.25, -0.2) is 0 Å². The summed E-state index contributed by atoms with van der Waals surface area (Å²) in [6, 6.07) is 0. The van der Waals surface area contributed by atoms with Gasteiger partial charge in [0.1, 0.15) is 24.5 Å². The van der Waals surface area contributed by atoms with Crippen LogP contribution < -0.4 is 5.73 Å². The van der Waals surface area contributed by atoms with Gasteiger partial charge in [-0.05, 0) is 55.4 Å². The first-order valence-corrected chi connectivity index (χ1v) is 9.44. The van der Waals surface area contributed by atoms with Crippen LogP contribution in [-0.4, -0.2) is 53.6 Å². The second-order valence-corrected chi connectivity index (χ2v) is 9.28. The fourth-order valence-corrected chi connectivity index (χ4v) is 3.34. The number of hydrogen-bond donors (Lipinski definition) is 2. The Kier molecular flexibility index (Phi) is 8.04. The molecule has 1 fully saturated rings. The highest BCUT2D eigenvalue weighted by Crippen LogP contribution is 2.47. The Morgan fingerprint density at radius 2 is 1.58 bits per heavy atom. The number of hydrogen-bond acceptors (Lipinski definition) is 7. The van der Waals surface area contributed by atoms with Gasteiger partial charge < -0.3 is 33.9 Å². The molecule has 0 radical (unpaired) electrons. The number of rotatable bonds is 7. The summed E-state index contributed by atoms with van der Waals surface area (Å²) < 4.78 is 28.9. The Labute approximate surface area is 147 Å². The Hall–Kier alpha value is 0.150. The fourth-order valence-electron chi connectivity index (χ4n) is 2.04. The van der Waals surface area contributed by atoms with Crippen molar-refractivity contribution in [3.63, 3.8) is 0 Å². The van der Waals surface area contributed by atoms with E-state index in [-0.39, 0.29) is 12.7 Å². The second kappa shape index (κ2) is 8.69. The summed E-state index contributed by atoms with van der Waals surface area (Å²) in [6.07, 6.45) is -2.75. The largest absolute Gasteiger partial charge is 0.386 e. The quantitative estimate of drug-likeness (QED) is 0.668. The molecular weight excluding hydrogens is 333 g/mol. The van der Waals surface area contributed by atoms with E-state index in [1.807, 2.05) is 55.4 Å². The van der Waals surface area contributed by atoms with Gasteiger partial charge in [-0.15, -0.1) is 0 Å². The van der Waals surface area contributed by atoms with E-state index in [0.717, 1.165) is 0 Å². The third kappa shape index (κ3) is 8.02. The minimum absolute atomic E-state index is 0.0563. The van der Waals surface area contributed by atoms with Gasteiger partial charge in [0.25, 0.3) is 0 Å². The van der Waals surface area contributed by atoms with Crippen LogP contribution in [0.3, 0.4) is 0 Å². The lowest BCUT2D eigenvalue weighted by Crippen LogP contribution is -2.40. The van der Waals surface area contributed by atoms with Crippen molar-refractivity contribution in [2.45, 2.75) is 97.2 Å². The molecule has 0 spiro atoms. The van der Waals surface area contributed by atoms with Crippen molar-refractivity contribution in [2.75, 3.05) is 6.61 Å². The van der Waals surface area contributed by atoms with Crippen LogP contribution in [0.15, 0.2) is 0 Å². The molecule has 0 bridgehead atoms. The van der Waals surface area contributed by atoms with E-state index >= 15 is 0 Å². The number of ether oxygens (including phenoxy) is 2. The van der Waals surface area contributed by atoms with Crippen LogP contribution in [0, 0.1) is 0 Å². The molecule has 1 saturated heterocycles. The third-order valence-electron chi connectivity index (χ3n) is 2.84. The minimum Gasteiger partial charge on any atom is -0.386 e. The van der Waals surface area contributed by atoms with Crippen molar-refractivity contribution in [1.29, 1.82) is 0 Å². The van der Waals surface area contributed by atoms with Crippen LogP contribution in [0.1, 0.15) is 55.4 Å². The summed E-state index contributed by atoms with van der Waals surface area (Å²) >= 11 is 0. The third-order valence-corrected chi connectivity index (χ3v) is 4.60. The van der Waals surface area contributed by atoms with E-state index in [0.29, 0.717) is 0 Å². The molecule has 0 aromatic heterocycles. The molecule has 0 amide bonds. The monoisotopic (exact) mass is 367 g/mol. The lowest BCUT2D eigenvalue weighted by Gasteiger charge is -2.31. The molecule has 4 atom stereocenters. The smallest absolute Gasteiger partial charge is 0.333 e. The predicted molar refractivity (Wildman–Crippen MR) is 93.4 cm³/mol. The van der Waals surface area contributed by atoms with E-state index in [1.54, 1.807) is 0 Å². The molecule has 3 N–H and O–H groups in total. The molecule has 2 unspecified atom stereocenters. The molecule has 0 aromatic rings. The molecular formula is C16H34NO6P. The number of nitrogens with two attached hydrogens (primary N) is 1. The van der Waals surface area contributed by atoms with E-state index in [4.69, 9.17) is 28.8 Å². The van der Waals surface area contributed by atoms with Crippen LogP contribution in [0.2, 0.25) is 0 Å². The fraction of sp³-hybridized carbons (Fsp3) is 1.00. The van der Waals surface area contributed by atoms with Crippen molar-refractivity contribution in [1.82, 2.24) is 0 Å². The second-order valence-electron chi connectivity index (χ2n) is 8.21. The van der Waals surface area contributed by atoms with Crippen molar-refractivity contribution >= 4 is 8.60 Å². The van der Waals surface area contributed by atoms with Crippen molar-refractivity contribution in [3.8, 4) is 0 Å². The van der Waals surface area contributed by atoms with E-state index in [1.165, 1.54) is 0 Å². The average Bonchev–Trinajstić information content (AvgIpc) is 2.59. The average molecular weight is 367 g/mol. The van der Waals surface area contributed by atoms with Gasteiger partial charge in [-0.1, -0.05) is 0 Å². The minimum atomic E-state index is -1.58. The first-order chi connectivity index (χ1) is 10.8. The van der Waals surface area contributed by atoms with E-state index in [9.17, 15) is 5.11 Å². The SMILES string of the molecule is CC(C)OC1C(O)[C@H](N)O[C@@H]1COP(OC(C)(C)C)OC(C)(C)C. The van der Waals surface area contributed by atoms with E-state index in [2.05, 4.69) is 0 Å². The van der Waals surface area contributed by atoms with Gasteiger partial charge in [0.05, 0.1) is 23.9 Å². The van der Waals surface area contributed by atoms with Crippen molar-refractivity contribution < 1.29 is 28.2 Å². The van der Waals surface area contributed by atoms with Gasteiger partial charge in [-0.2, -0.15) is 0 Å². The van der Waals surface area contributed by atoms with Crippen LogP contribution in [0.5, 0.6) is 0 Å². The van der Waals surface area contributed by atoms with Crippen LogP contribution in [-0.2, 0) is 23.0 Å². The maximum Gasteiger partial charge on any atom is 0.333 e. The molecule has 1 heterocycles. The highest BCUT2D eigenvalue weighted by molar-refractivity contribution is 7.41. The normalized spacial score (nSPS) is 29.0. The van der Waals surface area contributed by atoms with E-state index < -0.39 is 44.3 Å². The van der Waals surface area contributed by atoms with Crippen molar-refractivity contribution in [2.24, 2.45) is 5.73 Å². The predicted octanol–water partition coefficient (Wildman–Crippen LogP) is 2.70. The lowest BCUT2D eigenvalue weighted by molar-refractivity contribution is -0.0789. The summed E-state index contributed by atoms with van der Waals surface area (Å²) in [4.78, 5) is 0. The number of aliphatic hydroxyl groups excluding tert-OH is 1. The summed E-state index contributed by atoms with van der Waals surface area (Å²) in [5.41, 5.74) is 4.97. The Morgan fingerprint density at radius 1 is 1.08 bits per heavy atom. The maximum absolute atomic E-state index is 10.1. The standard InChI is InChI=1S/C16H34NO6P/c1-10(2)20-13-11(21-14(17)12(13)18)9-19-24(22-15(3,4)5)23-16(6,7)8/h10-14,18H,9,17H2,1-8H3/t11-,12?,13?,14-/m1/s1. The summed E-state index contributed by atoms with van der Waals surface area (Å²) in [7, 11) is -1.58. The Bertz CT molecular complexity index is 366. The molecule has 0 saturated carbocycles. The molecule has 1 rings (SSSR count). The molecule has 1 aliphatic rings. The number of aliphatic hydroxyl groups is 1. The maximum atomic E-state index is 10.1. The first kappa shape index (κ1) is 22.2. The van der Waals surface area contributed by atoms with Gasteiger partial charge in [-0.3, -0.25) is 0 Å². The summed E-state index contributed by atoms with van der Waals surface area (Å²) in [5, 5.41) is 10.1. The topological polar surface area (TPSA) is 92.4 Å². The van der Waals surface area contributed by atoms with Crippen LogP contribution in [0.25, 0.3) is 0 Å². The van der Waals surface area contributed by atoms with Gasteiger partial charge in [0.2, 0.25) is 0 Å². The van der Waals surface area contributed by atoms with Crippen molar-refractivity contribution in [3.05, 3.63) is 0 Å². The molecule has 0 aliphatic carbocycles. The zero-order valence-electron chi connectivity index (χ0n) is 16.1. The van der Waals surface area contributed by atoms with Crippen LogP contribution in [0.4, 0.5) is 0 Å². The van der Waals surface area contributed by atoms with Crippen LogP contribution >= 0.6 is 8.60 Å².